The molecule has 0 saturated carbocycles. The van der Waals surface area contributed by atoms with Gasteiger partial charge < -0.3 is 18.8 Å². The molecule has 0 radical (unpaired) electrons. The second kappa shape index (κ2) is 5.92. The van der Waals surface area contributed by atoms with E-state index in [0.717, 1.165) is 18.1 Å². The number of aromatic nitrogens is 2. The zero-order chi connectivity index (χ0) is 13.8. The molecule has 1 unspecified atom stereocenters. The Labute approximate surface area is 117 Å². The van der Waals surface area contributed by atoms with Crippen LogP contribution in [-0.4, -0.2) is 36.3 Å². The summed E-state index contributed by atoms with van der Waals surface area (Å²) < 4.78 is 16.6. The topological polar surface area (TPSA) is 60.6 Å². The Morgan fingerprint density at radius 3 is 3.20 bits per heavy atom. The first kappa shape index (κ1) is 12.9. The summed E-state index contributed by atoms with van der Waals surface area (Å²) in [5.74, 6) is 2.29. The van der Waals surface area contributed by atoms with E-state index in [0.29, 0.717) is 25.6 Å². The highest BCUT2D eigenvalue weighted by molar-refractivity contribution is 5.41. The van der Waals surface area contributed by atoms with Crippen LogP contribution < -0.4 is 9.64 Å². The van der Waals surface area contributed by atoms with Crippen molar-refractivity contribution in [3.05, 3.63) is 36.5 Å². The molecule has 0 aliphatic carbocycles. The van der Waals surface area contributed by atoms with Crippen LogP contribution in [0.1, 0.15) is 18.8 Å². The molecule has 1 fully saturated rings. The lowest BCUT2D eigenvalue weighted by Gasteiger charge is -2.32. The average Bonchev–Trinajstić information content (AvgIpc) is 3.02. The minimum atomic E-state index is -0.0655. The Hall–Kier alpha value is -2.08. The number of hydrogen-bond donors (Lipinski definition) is 0. The predicted molar refractivity (Wildman–Crippen MR) is 72.8 cm³/mol. The van der Waals surface area contributed by atoms with Crippen LogP contribution in [0.4, 0.5) is 5.82 Å². The number of rotatable bonds is 4. The Bertz CT molecular complexity index is 544. The second-order valence-corrected chi connectivity index (χ2v) is 4.47. The summed E-state index contributed by atoms with van der Waals surface area (Å²) >= 11 is 0. The van der Waals surface area contributed by atoms with Crippen LogP contribution in [0.2, 0.25) is 0 Å². The maximum absolute atomic E-state index is 5.74. The van der Waals surface area contributed by atoms with Gasteiger partial charge in [0.2, 0.25) is 5.88 Å². The van der Waals surface area contributed by atoms with Gasteiger partial charge in [-0.3, -0.25) is 0 Å². The van der Waals surface area contributed by atoms with Crippen LogP contribution >= 0.6 is 0 Å². The van der Waals surface area contributed by atoms with Crippen LogP contribution in [0, 0.1) is 0 Å². The van der Waals surface area contributed by atoms with E-state index in [1.54, 1.807) is 6.26 Å². The molecule has 3 heterocycles. The third-order valence-corrected chi connectivity index (χ3v) is 3.17. The van der Waals surface area contributed by atoms with Crippen molar-refractivity contribution >= 4 is 5.82 Å². The minimum absolute atomic E-state index is 0.0655. The summed E-state index contributed by atoms with van der Waals surface area (Å²) in [6, 6.07) is 5.66. The van der Waals surface area contributed by atoms with Crippen molar-refractivity contribution in [3.8, 4) is 5.88 Å². The molecule has 1 aliphatic heterocycles. The van der Waals surface area contributed by atoms with Crippen molar-refractivity contribution in [1.29, 1.82) is 0 Å². The lowest BCUT2D eigenvalue weighted by Crippen LogP contribution is -2.38. The maximum Gasteiger partial charge on any atom is 0.218 e. The van der Waals surface area contributed by atoms with Gasteiger partial charge in [-0.25, -0.2) is 9.97 Å². The van der Waals surface area contributed by atoms with Gasteiger partial charge in [0.05, 0.1) is 26.0 Å². The number of furan rings is 1. The fourth-order valence-corrected chi connectivity index (χ4v) is 2.23. The third kappa shape index (κ3) is 2.75. The molecule has 6 heteroatoms. The Kier molecular flexibility index (Phi) is 3.83. The molecule has 0 bridgehead atoms. The number of ether oxygens (including phenoxy) is 2. The van der Waals surface area contributed by atoms with E-state index in [4.69, 9.17) is 13.9 Å². The van der Waals surface area contributed by atoms with Crippen molar-refractivity contribution in [1.82, 2.24) is 9.97 Å². The van der Waals surface area contributed by atoms with Crippen molar-refractivity contribution in [3.63, 3.8) is 0 Å². The molecule has 1 atom stereocenters. The SMILES string of the molecule is CCOc1cc(N2CCOC(c3ccco3)C2)ncn1. The highest BCUT2D eigenvalue weighted by Crippen LogP contribution is 2.26. The van der Waals surface area contributed by atoms with Crippen molar-refractivity contribution in [2.45, 2.75) is 13.0 Å². The number of hydrogen-bond acceptors (Lipinski definition) is 6. The molecule has 20 heavy (non-hydrogen) atoms. The zero-order valence-corrected chi connectivity index (χ0v) is 11.4. The van der Waals surface area contributed by atoms with Gasteiger partial charge in [0.15, 0.2) is 0 Å². The molecule has 3 rings (SSSR count). The van der Waals surface area contributed by atoms with Gasteiger partial charge in [0.25, 0.3) is 0 Å². The monoisotopic (exact) mass is 275 g/mol. The molecule has 1 saturated heterocycles. The molecule has 2 aromatic heterocycles. The lowest BCUT2D eigenvalue weighted by atomic mass is 10.2. The molecule has 106 valence electrons. The van der Waals surface area contributed by atoms with E-state index in [1.165, 1.54) is 6.33 Å². The van der Waals surface area contributed by atoms with E-state index in [1.807, 2.05) is 25.1 Å². The molecular weight excluding hydrogens is 258 g/mol. The van der Waals surface area contributed by atoms with Crippen LogP contribution in [-0.2, 0) is 4.74 Å². The summed E-state index contributed by atoms with van der Waals surface area (Å²) in [5.41, 5.74) is 0. The quantitative estimate of drug-likeness (QED) is 0.851. The molecule has 1 aliphatic rings. The first-order chi connectivity index (χ1) is 9.86. The van der Waals surface area contributed by atoms with E-state index < -0.39 is 0 Å². The molecule has 0 aromatic carbocycles. The molecule has 6 nitrogen and oxygen atoms in total. The average molecular weight is 275 g/mol. The third-order valence-electron chi connectivity index (χ3n) is 3.17. The van der Waals surface area contributed by atoms with Crippen LogP contribution in [0.5, 0.6) is 5.88 Å². The van der Waals surface area contributed by atoms with E-state index in [9.17, 15) is 0 Å². The summed E-state index contributed by atoms with van der Waals surface area (Å²) in [4.78, 5) is 10.5. The molecule has 0 amide bonds. The highest BCUT2D eigenvalue weighted by atomic mass is 16.5. The summed E-state index contributed by atoms with van der Waals surface area (Å²) in [6.45, 7) is 4.66. The van der Waals surface area contributed by atoms with Crippen LogP contribution in [0.15, 0.2) is 35.2 Å². The van der Waals surface area contributed by atoms with Crippen molar-refractivity contribution in [2.75, 3.05) is 31.2 Å². The van der Waals surface area contributed by atoms with E-state index in [2.05, 4.69) is 14.9 Å². The first-order valence-electron chi connectivity index (χ1n) is 6.71. The Morgan fingerprint density at radius 2 is 2.40 bits per heavy atom. The van der Waals surface area contributed by atoms with Crippen molar-refractivity contribution in [2.24, 2.45) is 0 Å². The smallest absolute Gasteiger partial charge is 0.218 e. The van der Waals surface area contributed by atoms with Gasteiger partial charge in [0, 0.05) is 12.6 Å². The van der Waals surface area contributed by atoms with Gasteiger partial charge in [-0.05, 0) is 19.1 Å². The van der Waals surface area contributed by atoms with Crippen LogP contribution in [0.3, 0.4) is 0 Å². The fraction of sp³-hybridized carbons (Fsp3) is 0.429. The molecule has 2 aromatic rings. The van der Waals surface area contributed by atoms with Crippen LogP contribution in [0.25, 0.3) is 0 Å². The summed E-state index contributed by atoms with van der Waals surface area (Å²) in [7, 11) is 0. The van der Waals surface area contributed by atoms with Crippen molar-refractivity contribution < 1.29 is 13.9 Å². The predicted octanol–water partition coefficient (Wildman–Crippen LogP) is 2.05. The van der Waals surface area contributed by atoms with Gasteiger partial charge in [-0.1, -0.05) is 0 Å². The summed E-state index contributed by atoms with van der Waals surface area (Å²) in [5, 5.41) is 0. The zero-order valence-electron chi connectivity index (χ0n) is 11.4. The highest BCUT2D eigenvalue weighted by Gasteiger charge is 2.25. The van der Waals surface area contributed by atoms with E-state index >= 15 is 0 Å². The molecule has 0 N–H and O–H groups in total. The Balaban J connectivity index is 1.74. The molecule has 0 spiro atoms. The number of morpholine rings is 1. The summed E-state index contributed by atoms with van der Waals surface area (Å²) in [6.07, 6.45) is 3.12. The largest absolute Gasteiger partial charge is 0.478 e. The van der Waals surface area contributed by atoms with Gasteiger partial charge in [-0.15, -0.1) is 0 Å². The van der Waals surface area contributed by atoms with Gasteiger partial charge >= 0.3 is 0 Å². The molecular formula is C14H17N3O3. The maximum atomic E-state index is 5.74. The second-order valence-electron chi connectivity index (χ2n) is 4.47. The van der Waals surface area contributed by atoms with Gasteiger partial charge in [0.1, 0.15) is 24.0 Å². The normalized spacial score (nSPS) is 19.1. The Morgan fingerprint density at radius 1 is 1.45 bits per heavy atom. The minimum Gasteiger partial charge on any atom is -0.478 e. The van der Waals surface area contributed by atoms with Gasteiger partial charge in [-0.2, -0.15) is 0 Å². The van der Waals surface area contributed by atoms with E-state index in [-0.39, 0.29) is 6.10 Å². The number of nitrogens with zero attached hydrogens (tertiary/aromatic N) is 3. The lowest BCUT2D eigenvalue weighted by molar-refractivity contribution is 0.0255. The first-order valence-corrected chi connectivity index (χ1v) is 6.71. The standard InChI is InChI=1S/C14H17N3O3/c1-2-18-14-8-13(15-10-16-14)17-5-7-20-12(9-17)11-4-3-6-19-11/h3-4,6,8,10,12H,2,5,7,9H2,1H3. The number of anilines is 1. The fourth-order valence-electron chi connectivity index (χ4n) is 2.23.